The molecule has 2 heterocycles. The summed E-state index contributed by atoms with van der Waals surface area (Å²) in [5.41, 5.74) is 2.76. The van der Waals surface area contributed by atoms with E-state index in [1.807, 2.05) is 60.4 Å². The van der Waals surface area contributed by atoms with Gasteiger partial charge in [0.1, 0.15) is 5.75 Å². The number of carbonyl (C=O) groups is 1. The van der Waals surface area contributed by atoms with Crippen molar-refractivity contribution in [2.24, 2.45) is 0 Å². The lowest BCUT2D eigenvalue weighted by atomic mass is 10.3. The number of ether oxygens (including phenoxy) is 1. The molecule has 0 saturated carbocycles. The summed E-state index contributed by atoms with van der Waals surface area (Å²) in [5.74, 6) is 1.66. The van der Waals surface area contributed by atoms with Crippen molar-refractivity contribution in [2.75, 3.05) is 43.0 Å². The highest BCUT2D eigenvalue weighted by molar-refractivity contribution is 5.89. The van der Waals surface area contributed by atoms with Gasteiger partial charge >= 0.3 is 6.03 Å². The maximum absolute atomic E-state index is 12.5. The second-order valence-electron chi connectivity index (χ2n) is 6.44. The Morgan fingerprint density at radius 2 is 1.85 bits per heavy atom. The normalized spacial score (nSPS) is 14.4. The molecule has 0 bridgehead atoms. The van der Waals surface area contributed by atoms with Crippen LogP contribution in [-0.2, 0) is 0 Å². The van der Waals surface area contributed by atoms with Gasteiger partial charge in [0.05, 0.1) is 17.6 Å². The van der Waals surface area contributed by atoms with E-state index in [1.165, 1.54) is 0 Å². The van der Waals surface area contributed by atoms with Crippen LogP contribution in [0.2, 0.25) is 0 Å². The number of hydrogen-bond donors (Lipinski definition) is 2. The molecule has 7 nitrogen and oxygen atoms in total. The van der Waals surface area contributed by atoms with Gasteiger partial charge in [0.15, 0.2) is 0 Å². The maximum atomic E-state index is 12.5. The molecule has 0 unspecified atom stereocenters. The van der Waals surface area contributed by atoms with E-state index in [0.29, 0.717) is 19.7 Å². The van der Waals surface area contributed by atoms with Gasteiger partial charge in [-0.3, -0.25) is 0 Å². The van der Waals surface area contributed by atoms with Crippen molar-refractivity contribution in [2.45, 2.75) is 6.92 Å². The molecule has 1 aliphatic heterocycles. The van der Waals surface area contributed by atoms with E-state index < -0.39 is 0 Å². The number of benzene rings is 2. The number of aromatic amines is 1. The molecule has 2 amide bonds. The number of piperazine rings is 1. The van der Waals surface area contributed by atoms with Crippen molar-refractivity contribution in [1.29, 1.82) is 0 Å². The minimum atomic E-state index is -0.0802. The van der Waals surface area contributed by atoms with Crippen LogP contribution < -0.4 is 15.0 Å². The number of rotatable bonds is 4. The van der Waals surface area contributed by atoms with Crippen molar-refractivity contribution in [3.8, 4) is 5.75 Å². The molecule has 2 N–H and O–H groups in total. The van der Waals surface area contributed by atoms with Crippen molar-refractivity contribution in [3.63, 3.8) is 0 Å². The van der Waals surface area contributed by atoms with Crippen LogP contribution in [0.1, 0.15) is 6.92 Å². The highest BCUT2D eigenvalue weighted by Gasteiger charge is 2.23. The monoisotopic (exact) mass is 365 g/mol. The largest absolute Gasteiger partial charge is 0.494 e. The van der Waals surface area contributed by atoms with Crippen LogP contribution in [0.25, 0.3) is 11.0 Å². The number of carbonyl (C=O) groups excluding carboxylic acids is 1. The van der Waals surface area contributed by atoms with Crippen LogP contribution in [0.5, 0.6) is 5.75 Å². The Morgan fingerprint density at radius 3 is 2.56 bits per heavy atom. The summed E-state index contributed by atoms with van der Waals surface area (Å²) >= 11 is 0. The molecule has 3 aromatic rings. The number of nitrogens with one attached hydrogen (secondary N) is 2. The zero-order valence-electron chi connectivity index (χ0n) is 15.3. The van der Waals surface area contributed by atoms with Crippen LogP contribution >= 0.6 is 0 Å². The van der Waals surface area contributed by atoms with Gasteiger partial charge in [-0.15, -0.1) is 0 Å². The first kappa shape index (κ1) is 17.2. The van der Waals surface area contributed by atoms with E-state index in [0.717, 1.165) is 41.5 Å². The molecule has 0 radical (unpaired) electrons. The number of para-hydroxylation sites is 2. The fourth-order valence-electron chi connectivity index (χ4n) is 3.21. The lowest BCUT2D eigenvalue weighted by Gasteiger charge is -2.34. The Balaban J connectivity index is 1.33. The van der Waals surface area contributed by atoms with E-state index in [1.54, 1.807) is 0 Å². The zero-order valence-corrected chi connectivity index (χ0v) is 15.3. The zero-order chi connectivity index (χ0) is 18.6. The Hall–Kier alpha value is -3.22. The molecule has 7 heteroatoms. The summed E-state index contributed by atoms with van der Waals surface area (Å²) in [7, 11) is 0. The highest BCUT2D eigenvalue weighted by Crippen LogP contribution is 2.19. The average molecular weight is 365 g/mol. The van der Waals surface area contributed by atoms with Crippen LogP contribution in [-0.4, -0.2) is 53.7 Å². The Bertz CT molecular complexity index is 881. The third kappa shape index (κ3) is 3.81. The van der Waals surface area contributed by atoms with Crippen molar-refractivity contribution >= 4 is 28.7 Å². The number of H-pyrrole nitrogens is 1. The Morgan fingerprint density at radius 1 is 1.11 bits per heavy atom. The Labute approximate surface area is 157 Å². The van der Waals surface area contributed by atoms with Gasteiger partial charge < -0.3 is 24.8 Å². The number of anilines is 2. The number of hydrogen-bond acceptors (Lipinski definition) is 4. The standard InChI is InChI=1S/C20H23N5O2/c1-2-27-16-9-7-15(8-10-16)21-20(26)25-13-11-24(12-14-25)19-22-17-5-3-4-6-18(17)23-19/h3-10H,2,11-14H2,1H3,(H,21,26)(H,22,23). The molecule has 0 aliphatic carbocycles. The summed E-state index contributed by atoms with van der Waals surface area (Å²) in [6.45, 7) is 5.37. The van der Waals surface area contributed by atoms with Crippen molar-refractivity contribution < 1.29 is 9.53 Å². The van der Waals surface area contributed by atoms with Crippen LogP contribution in [0, 0.1) is 0 Å². The fourth-order valence-corrected chi connectivity index (χ4v) is 3.21. The number of nitrogens with zero attached hydrogens (tertiary/aromatic N) is 3. The smallest absolute Gasteiger partial charge is 0.321 e. The van der Waals surface area contributed by atoms with E-state index in [2.05, 4.69) is 20.2 Å². The average Bonchev–Trinajstić information content (AvgIpc) is 3.14. The lowest BCUT2D eigenvalue weighted by molar-refractivity contribution is 0.208. The van der Waals surface area contributed by atoms with E-state index in [4.69, 9.17) is 4.74 Å². The minimum absolute atomic E-state index is 0.0802. The number of imidazole rings is 1. The number of amides is 2. The van der Waals surface area contributed by atoms with Crippen molar-refractivity contribution in [3.05, 3.63) is 48.5 Å². The number of fused-ring (bicyclic) bond motifs is 1. The van der Waals surface area contributed by atoms with E-state index in [9.17, 15) is 4.79 Å². The molecule has 1 aliphatic rings. The molecule has 1 saturated heterocycles. The summed E-state index contributed by atoms with van der Waals surface area (Å²) in [6, 6.07) is 15.3. The molecule has 1 fully saturated rings. The first-order valence-electron chi connectivity index (χ1n) is 9.21. The van der Waals surface area contributed by atoms with E-state index in [-0.39, 0.29) is 6.03 Å². The first-order valence-corrected chi connectivity index (χ1v) is 9.21. The third-order valence-electron chi connectivity index (χ3n) is 4.66. The van der Waals surface area contributed by atoms with Crippen LogP contribution in [0.15, 0.2) is 48.5 Å². The summed E-state index contributed by atoms with van der Waals surface area (Å²) < 4.78 is 5.42. The summed E-state index contributed by atoms with van der Waals surface area (Å²) in [6.07, 6.45) is 0. The molecule has 0 spiro atoms. The minimum Gasteiger partial charge on any atom is -0.494 e. The molecular weight excluding hydrogens is 342 g/mol. The molecule has 4 rings (SSSR count). The maximum Gasteiger partial charge on any atom is 0.321 e. The van der Waals surface area contributed by atoms with E-state index >= 15 is 0 Å². The number of urea groups is 1. The Kier molecular flexibility index (Phi) is 4.82. The second kappa shape index (κ2) is 7.57. The molecule has 2 aromatic carbocycles. The predicted octanol–water partition coefficient (Wildman–Crippen LogP) is 3.32. The summed E-state index contributed by atoms with van der Waals surface area (Å²) in [4.78, 5) is 24.5. The topological polar surface area (TPSA) is 73.5 Å². The molecule has 0 atom stereocenters. The van der Waals surface area contributed by atoms with Gasteiger partial charge in [-0.05, 0) is 43.3 Å². The SMILES string of the molecule is CCOc1ccc(NC(=O)N2CCN(c3nc4ccccc4[nH]3)CC2)cc1. The third-order valence-corrected chi connectivity index (χ3v) is 4.66. The van der Waals surface area contributed by atoms with Gasteiger partial charge in [-0.25, -0.2) is 9.78 Å². The molecule has 140 valence electrons. The molecule has 1 aromatic heterocycles. The highest BCUT2D eigenvalue weighted by atomic mass is 16.5. The van der Waals surface area contributed by atoms with Gasteiger partial charge in [0, 0.05) is 31.9 Å². The van der Waals surface area contributed by atoms with Gasteiger partial charge in [0.2, 0.25) is 5.95 Å². The van der Waals surface area contributed by atoms with Crippen LogP contribution in [0.3, 0.4) is 0 Å². The number of aromatic nitrogens is 2. The van der Waals surface area contributed by atoms with Gasteiger partial charge in [0.25, 0.3) is 0 Å². The fraction of sp³-hybridized carbons (Fsp3) is 0.300. The quantitative estimate of drug-likeness (QED) is 0.744. The van der Waals surface area contributed by atoms with Crippen LogP contribution in [0.4, 0.5) is 16.4 Å². The van der Waals surface area contributed by atoms with Gasteiger partial charge in [-0.2, -0.15) is 0 Å². The molecule has 27 heavy (non-hydrogen) atoms. The predicted molar refractivity (Wildman–Crippen MR) is 107 cm³/mol. The van der Waals surface area contributed by atoms with Gasteiger partial charge in [-0.1, -0.05) is 12.1 Å². The molecular formula is C20H23N5O2. The second-order valence-corrected chi connectivity index (χ2v) is 6.44. The van der Waals surface area contributed by atoms with Crippen molar-refractivity contribution in [1.82, 2.24) is 14.9 Å². The summed E-state index contributed by atoms with van der Waals surface area (Å²) in [5, 5.41) is 2.95. The lowest BCUT2D eigenvalue weighted by Crippen LogP contribution is -2.50. The first-order chi connectivity index (χ1) is 13.2.